The summed E-state index contributed by atoms with van der Waals surface area (Å²) in [5.74, 6) is 0. The lowest BCUT2D eigenvalue weighted by molar-refractivity contribution is 0.134. The molecule has 0 amide bonds. The Hall–Kier alpha value is -1.08. The first-order chi connectivity index (χ1) is 5.97. The van der Waals surface area contributed by atoms with E-state index in [4.69, 9.17) is 0 Å². The molecule has 1 nitrogen and oxygen atoms in total. The molecule has 0 heterocycles. The van der Waals surface area contributed by atoms with Crippen LogP contribution in [0.1, 0.15) is 25.0 Å². The molecule has 13 heavy (non-hydrogen) atoms. The molecule has 0 saturated carbocycles. The summed E-state index contributed by atoms with van der Waals surface area (Å²) in [5.41, 5.74) is 1.64. The smallest absolute Gasteiger partial charge is 0.0774 e. The van der Waals surface area contributed by atoms with Gasteiger partial charge in [-0.1, -0.05) is 42.0 Å². The second kappa shape index (κ2) is 3.75. The summed E-state index contributed by atoms with van der Waals surface area (Å²) in [4.78, 5) is 0. The highest BCUT2D eigenvalue weighted by atomic mass is 16.3. The standard InChI is InChI=1S/C12H16O/c1-10-4-6-11(7-5-10)8-9-12(2,3)13/h4-9,13H,1-3H3/b9-8+. The van der Waals surface area contributed by atoms with Crippen molar-refractivity contribution >= 4 is 6.08 Å². The van der Waals surface area contributed by atoms with E-state index in [0.717, 1.165) is 5.56 Å². The van der Waals surface area contributed by atoms with Crippen molar-refractivity contribution < 1.29 is 5.11 Å². The van der Waals surface area contributed by atoms with E-state index in [1.54, 1.807) is 19.9 Å². The third-order valence-electron chi connectivity index (χ3n) is 1.76. The normalized spacial score (nSPS) is 12.3. The van der Waals surface area contributed by atoms with E-state index in [0.29, 0.717) is 0 Å². The Labute approximate surface area is 79.7 Å². The van der Waals surface area contributed by atoms with Crippen LogP contribution >= 0.6 is 0 Å². The van der Waals surface area contributed by atoms with Crippen LogP contribution in [0.2, 0.25) is 0 Å². The molecule has 0 bridgehead atoms. The lowest BCUT2D eigenvalue weighted by Crippen LogP contribution is -2.13. The minimum absolute atomic E-state index is 0.731. The van der Waals surface area contributed by atoms with Crippen LogP contribution in [0.4, 0.5) is 0 Å². The van der Waals surface area contributed by atoms with E-state index in [-0.39, 0.29) is 0 Å². The second-order valence-electron chi connectivity index (χ2n) is 3.90. The zero-order chi connectivity index (χ0) is 9.90. The van der Waals surface area contributed by atoms with Gasteiger partial charge in [-0.25, -0.2) is 0 Å². The van der Waals surface area contributed by atoms with Gasteiger partial charge in [-0.15, -0.1) is 0 Å². The van der Waals surface area contributed by atoms with E-state index in [1.165, 1.54) is 5.56 Å². The van der Waals surface area contributed by atoms with E-state index < -0.39 is 5.60 Å². The molecule has 1 N–H and O–H groups in total. The fourth-order valence-electron chi connectivity index (χ4n) is 0.978. The number of hydrogen-bond donors (Lipinski definition) is 1. The maximum Gasteiger partial charge on any atom is 0.0774 e. The van der Waals surface area contributed by atoms with Crippen molar-refractivity contribution in [1.29, 1.82) is 0 Å². The van der Waals surface area contributed by atoms with Crippen molar-refractivity contribution in [3.8, 4) is 0 Å². The number of aliphatic hydroxyl groups is 1. The first-order valence-corrected chi connectivity index (χ1v) is 4.46. The van der Waals surface area contributed by atoms with Gasteiger partial charge in [-0.05, 0) is 26.3 Å². The van der Waals surface area contributed by atoms with Gasteiger partial charge < -0.3 is 5.11 Å². The molecule has 0 fully saturated rings. The molecule has 1 rings (SSSR count). The van der Waals surface area contributed by atoms with Crippen molar-refractivity contribution in [2.45, 2.75) is 26.4 Å². The number of rotatable bonds is 2. The Bertz CT molecular complexity index is 288. The van der Waals surface area contributed by atoms with Crippen LogP contribution in [0, 0.1) is 6.92 Å². The molecule has 0 saturated heterocycles. The van der Waals surface area contributed by atoms with Crippen LogP contribution in [0.5, 0.6) is 0 Å². The van der Waals surface area contributed by atoms with Gasteiger partial charge >= 0.3 is 0 Å². The van der Waals surface area contributed by atoms with Gasteiger partial charge in [-0.2, -0.15) is 0 Å². The van der Waals surface area contributed by atoms with Crippen molar-refractivity contribution in [3.05, 3.63) is 41.5 Å². The van der Waals surface area contributed by atoms with E-state index in [2.05, 4.69) is 19.1 Å². The maximum absolute atomic E-state index is 9.45. The third-order valence-corrected chi connectivity index (χ3v) is 1.76. The van der Waals surface area contributed by atoms with Crippen molar-refractivity contribution in [1.82, 2.24) is 0 Å². The Kier molecular flexibility index (Phi) is 2.89. The third kappa shape index (κ3) is 3.90. The molecule has 70 valence electrons. The summed E-state index contributed by atoms with van der Waals surface area (Å²) < 4.78 is 0. The molecule has 0 atom stereocenters. The Balaban J connectivity index is 2.75. The minimum Gasteiger partial charge on any atom is -0.386 e. The summed E-state index contributed by atoms with van der Waals surface area (Å²) in [5, 5.41) is 9.45. The Morgan fingerprint density at radius 2 is 1.69 bits per heavy atom. The van der Waals surface area contributed by atoms with Crippen molar-refractivity contribution in [2.24, 2.45) is 0 Å². The molecule has 0 spiro atoms. The van der Waals surface area contributed by atoms with Gasteiger partial charge in [0.25, 0.3) is 0 Å². The van der Waals surface area contributed by atoms with Gasteiger partial charge in [0.05, 0.1) is 5.60 Å². The van der Waals surface area contributed by atoms with E-state index in [1.807, 2.05) is 18.2 Å². The largest absolute Gasteiger partial charge is 0.386 e. The molecule has 0 aliphatic heterocycles. The SMILES string of the molecule is Cc1ccc(/C=C/C(C)(C)O)cc1. The van der Waals surface area contributed by atoms with Gasteiger partial charge in [0.1, 0.15) is 0 Å². The first kappa shape index (κ1) is 10.0. The number of aryl methyl sites for hydroxylation is 1. The summed E-state index contributed by atoms with van der Waals surface area (Å²) in [6, 6.07) is 8.20. The fourth-order valence-corrected chi connectivity index (χ4v) is 0.978. The summed E-state index contributed by atoms with van der Waals surface area (Å²) in [7, 11) is 0. The van der Waals surface area contributed by atoms with Crippen molar-refractivity contribution in [3.63, 3.8) is 0 Å². The van der Waals surface area contributed by atoms with Gasteiger partial charge in [-0.3, -0.25) is 0 Å². The molecular formula is C12H16O. The van der Waals surface area contributed by atoms with Crippen LogP contribution in [-0.2, 0) is 0 Å². The highest BCUT2D eigenvalue weighted by Gasteiger charge is 2.05. The summed E-state index contributed by atoms with van der Waals surface area (Å²) in [6.07, 6.45) is 3.72. The van der Waals surface area contributed by atoms with E-state index in [9.17, 15) is 5.11 Å². The zero-order valence-electron chi connectivity index (χ0n) is 8.41. The van der Waals surface area contributed by atoms with Crippen LogP contribution in [-0.4, -0.2) is 10.7 Å². The van der Waals surface area contributed by atoms with Crippen molar-refractivity contribution in [2.75, 3.05) is 0 Å². The topological polar surface area (TPSA) is 20.2 Å². The molecule has 0 aliphatic carbocycles. The van der Waals surface area contributed by atoms with E-state index >= 15 is 0 Å². The average molecular weight is 176 g/mol. The molecule has 0 radical (unpaired) electrons. The predicted octanol–water partition coefficient (Wildman–Crippen LogP) is 2.78. The molecule has 0 aromatic heterocycles. The monoisotopic (exact) mass is 176 g/mol. The van der Waals surface area contributed by atoms with Gasteiger partial charge in [0.2, 0.25) is 0 Å². The highest BCUT2D eigenvalue weighted by Crippen LogP contribution is 2.09. The lowest BCUT2D eigenvalue weighted by atomic mass is 10.1. The molecule has 1 heteroatoms. The Morgan fingerprint density at radius 1 is 1.15 bits per heavy atom. The maximum atomic E-state index is 9.45. The zero-order valence-corrected chi connectivity index (χ0v) is 8.41. The Morgan fingerprint density at radius 3 is 2.15 bits per heavy atom. The molecule has 1 aromatic rings. The average Bonchev–Trinajstić information content (AvgIpc) is 2.02. The second-order valence-corrected chi connectivity index (χ2v) is 3.90. The summed E-state index contributed by atoms with van der Waals surface area (Å²) >= 11 is 0. The predicted molar refractivity (Wildman–Crippen MR) is 56.5 cm³/mol. The number of hydrogen-bond acceptors (Lipinski definition) is 1. The van der Waals surface area contributed by atoms with Crippen LogP contribution in [0.25, 0.3) is 6.08 Å². The number of benzene rings is 1. The quantitative estimate of drug-likeness (QED) is 0.734. The van der Waals surface area contributed by atoms with Gasteiger partial charge in [0.15, 0.2) is 0 Å². The highest BCUT2D eigenvalue weighted by molar-refractivity contribution is 5.50. The molecule has 0 unspecified atom stereocenters. The van der Waals surface area contributed by atoms with Crippen LogP contribution in [0.3, 0.4) is 0 Å². The first-order valence-electron chi connectivity index (χ1n) is 4.46. The fraction of sp³-hybridized carbons (Fsp3) is 0.333. The molecule has 0 aliphatic rings. The lowest BCUT2D eigenvalue weighted by Gasteiger charge is -2.09. The van der Waals surface area contributed by atoms with Crippen LogP contribution < -0.4 is 0 Å². The molecular weight excluding hydrogens is 160 g/mol. The summed E-state index contributed by atoms with van der Waals surface area (Å²) in [6.45, 7) is 5.58. The van der Waals surface area contributed by atoms with Gasteiger partial charge in [0, 0.05) is 0 Å². The van der Waals surface area contributed by atoms with Crippen LogP contribution in [0.15, 0.2) is 30.3 Å². The molecule has 1 aromatic carbocycles. The minimum atomic E-state index is -0.731.